The third-order valence-electron chi connectivity index (χ3n) is 4.66. The molecule has 0 fully saturated rings. The zero-order chi connectivity index (χ0) is 21.8. The molecule has 0 spiro atoms. The van der Waals surface area contributed by atoms with Gasteiger partial charge in [-0.05, 0) is 31.3 Å². The van der Waals surface area contributed by atoms with E-state index in [1.807, 2.05) is 13.8 Å². The second-order valence-electron chi connectivity index (χ2n) is 6.30. The third kappa shape index (κ3) is 5.27. The number of carbonyl (C=O) groups excluding carboxylic acids is 1. The van der Waals surface area contributed by atoms with E-state index in [1.54, 1.807) is 12.1 Å². The lowest BCUT2D eigenvalue weighted by molar-refractivity contribution is -0.402. The monoisotopic (exact) mass is 488 g/mol. The van der Waals surface area contributed by atoms with Crippen LogP contribution in [0.25, 0.3) is 10.2 Å². The highest BCUT2D eigenvalue weighted by Gasteiger charge is 2.27. The highest BCUT2D eigenvalue weighted by Crippen LogP contribution is 2.39. The summed E-state index contributed by atoms with van der Waals surface area (Å²) in [5.41, 5.74) is 0.552. The predicted octanol–water partition coefficient (Wildman–Crippen LogP) is 4.87. The van der Waals surface area contributed by atoms with Crippen LogP contribution in [-0.2, 0) is 0 Å². The lowest BCUT2D eigenvalue weighted by Gasteiger charge is -2.23. The molecule has 0 atom stereocenters. The quantitative estimate of drug-likeness (QED) is 0.312. The summed E-state index contributed by atoms with van der Waals surface area (Å²) in [6.07, 6.45) is 0. The molecular weight excluding hydrogens is 467 g/mol. The highest BCUT2D eigenvalue weighted by atomic mass is 35.5. The maximum atomic E-state index is 13.2. The molecule has 3 rings (SSSR count). The van der Waals surface area contributed by atoms with E-state index >= 15 is 0 Å². The Bertz CT molecular complexity index is 1070. The average molecular weight is 489 g/mol. The number of benzene rings is 1. The number of fused-ring (bicyclic) bond motifs is 1. The van der Waals surface area contributed by atoms with Gasteiger partial charge in [-0.3, -0.25) is 19.8 Å². The summed E-state index contributed by atoms with van der Waals surface area (Å²) in [6.45, 7) is 6.65. The van der Waals surface area contributed by atoms with Crippen molar-refractivity contribution in [3.05, 3.63) is 45.2 Å². The molecule has 0 aliphatic carbocycles. The van der Waals surface area contributed by atoms with Crippen LogP contribution >= 0.6 is 35.3 Å². The molecule has 1 amide bonds. The number of thiazole rings is 1. The predicted molar refractivity (Wildman–Crippen MR) is 123 cm³/mol. The van der Waals surface area contributed by atoms with Crippen molar-refractivity contribution < 1.29 is 18.9 Å². The first-order valence-electron chi connectivity index (χ1n) is 9.31. The smallest absolute Gasteiger partial charge is 0.433 e. The number of methoxy groups -OCH3 is 1. The molecule has 0 radical (unpaired) electrons. The van der Waals surface area contributed by atoms with E-state index in [0.29, 0.717) is 39.2 Å². The maximum absolute atomic E-state index is 13.2. The first kappa shape index (κ1) is 24.9. The third-order valence-corrected chi connectivity index (χ3v) is 6.20. The zero-order valence-corrected chi connectivity index (χ0v) is 19.6. The van der Waals surface area contributed by atoms with Crippen LogP contribution in [0.1, 0.15) is 24.4 Å². The topological polar surface area (TPSA) is 102 Å². The van der Waals surface area contributed by atoms with E-state index < -0.39 is 16.7 Å². The van der Waals surface area contributed by atoms with Crippen LogP contribution in [0.4, 0.5) is 11.0 Å². The van der Waals surface area contributed by atoms with Crippen molar-refractivity contribution in [3.8, 4) is 5.75 Å². The van der Waals surface area contributed by atoms with Crippen molar-refractivity contribution in [2.24, 2.45) is 0 Å². The molecule has 1 aromatic carbocycles. The number of furan rings is 1. The molecule has 9 nitrogen and oxygen atoms in total. The maximum Gasteiger partial charge on any atom is 0.433 e. The summed E-state index contributed by atoms with van der Waals surface area (Å²) in [7, 11) is 1.53. The van der Waals surface area contributed by atoms with Gasteiger partial charge in [0.1, 0.15) is 16.2 Å². The molecule has 0 aliphatic rings. The molecular formula is C19H22Cl2N4O5S. The van der Waals surface area contributed by atoms with Gasteiger partial charge in [-0.25, -0.2) is 4.98 Å². The van der Waals surface area contributed by atoms with Crippen molar-refractivity contribution in [3.63, 3.8) is 0 Å². The number of aromatic nitrogens is 1. The fourth-order valence-electron chi connectivity index (χ4n) is 2.96. The second kappa shape index (κ2) is 10.8. The van der Waals surface area contributed by atoms with Crippen LogP contribution in [0.15, 0.2) is 28.7 Å². The first-order chi connectivity index (χ1) is 14.4. The van der Waals surface area contributed by atoms with Crippen LogP contribution in [0.5, 0.6) is 5.75 Å². The lowest BCUT2D eigenvalue weighted by Crippen LogP contribution is -2.38. The van der Waals surface area contributed by atoms with E-state index in [0.717, 1.165) is 19.2 Å². The molecule has 3 aromatic rings. The Hall–Kier alpha value is -2.40. The van der Waals surface area contributed by atoms with Crippen molar-refractivity contribution in [1.82, 2.24) is 9.88 Å². The molecule has 0 unspecified atom stereocenters. The summed E-state index contributed by atoms with van der Waals surface area (Å²) in [6, 6.07) is 5.88. The number of hydrogen-bond acceptors (Lipinski definition) is 8. The lowest BCUT2D eigenvalue weighted by atomic mass is 10.3. The number of nitrogens with zero attached hydrogens (tertiary/aromatic N) is 4. The Morgan fingerprint density at radius 1 is 1.26 bits per heavy atom. The van der Waals surface area contributed by atoms with Crippen molar-refractivity contribution >= 4 is 62.5 Å². The number of anilines is 1. The zero-order valence-electron chi connectivity index (χ0n) is 17.2. The molecule has 2 heterocycles. The molecule has 2 aromatic heterocycles. The van der Waals surface area contributed by atoms with Gasteiger partial charge >= 0.3 is 5.88 Å². The van der Waals surface area contributed by atoms with Gasteiger partial charge in [0, 0.05) is 13.1 Å². The molecule has 0 aliphatic heterocycles. The molecule has 12 heteroatoms. The van der Waals surface area contributed by atoms with E-state index in [2.05, 4.69) is 9.88 Å². The van der Waals surface area contributed by atoms with E-state index in [9.17, 15) is 14.9 Å². The van der Waals surface area contributed by atoms with Gasteiger partial charge in [0.25, 0.3) is 5.91 Å². The number of ether oxygens (including phenoxy) is 1. The average Bonchev–Trinajstić information content (AvgIpc) is 3.39. The summed E-state index contributed by atoms with van der Waals surface area (Å²) in [5.74, 6) is -0.583. The van der Waals surface area contributed by atoms with E-state index in [1.165, 1.54) is 29.4 Å². The van der Waals surface area contributed by atoms with Crippen molar-refractivity contribution in [2.75, 3.05) is 38.2 Å². The fourth-order valence-corrected chi connectivity index (χ4v) is 4.24. The largest absolute Gasteiger partial charge is 0.494 e. The minimum Gasteiger partial charge on any atom is -0.494 e. The van der Waals surface area contributed by atoms with Gasteiger partial charge in [0.2, 0.25) is 0 Å². The van der Waals surface area contributed by atoms with E-state index in [-0.39, 0.29) is 18.2 Å². The van der Waals surface area contributed by atoms with Gasteiger partial charge in [-0.2, -0.15) is 0 Å². The number of halogens is 2. The van der Waals surface area contributed by atoms with E-state index in [4.69, 9.17) is 20.8 Å². The normalized spacial score (nSPS) is 10.9. The SMILES string of the molecule is CCN(CC)CCN(C(=O)c1ccc([N+](=O)[O-])o1)c1nc2c(OC)ccc(Cl)c2s1.Cl. The Labute approximate surface area is 194 Å². The van der Waals surface area contributed by atoms with Gasteiger partial charge in [0.05, 0.1) is 22.9 Å². The van der Waals surface area contributed by atoms with Gasteiger partial charge in [-0.15, -0.1) is 12.4 Å². The summed E-state index contributed by atoms with van der Waals surface area (Å²) in [5, 5.41) is 11.8. The molecule has 31 heavy (non-hydrogen) atoms. The number of nitro groups is 1. The Balaban J connectivity index is 0.00000341. The molecule has 0 bridgehead atoms. The highest BCUT2D eigenvalue weighted by molar-refractivity contribution is 7.23. The Morgan fingerprint density at radius 2 is 1.97 bits per heavy atom. The van der Waals surface area contributed by atoms with Crippen molar-refractivity contribution in [2.45, 2.75) is 13.8 Å². The number of amides is 1. The minimum absolute atomic E-state index is 0. The summed E-state index contributed by atoms with van der Waals surface area (Å²) >= 11 is 7.57. The number of hydrogen-bond donors (Lipinski definition) is 0. The molecule has 168 valence electrons. The molecule has 0 saturated heterocycles. The Kier molecular flexibility index (Phi) is 8.63. The first-order valence-corrected chi connectivity index (χ1v) is 10.5. The fraction of sp³-hybridized carbons (Fsp3) is 0.368. The van der Waals surface area contributed by atoms with Crippen LogP contribution in [-0.4, -0.2) is 54.0 Å². The molecule has 0 N–H and O–H groups in total. The second-order valence-corrected chi connectivity index (χ2v) is 7.69. The number of rotatable bonds is 9. The van der Waals surface area contributed by atoms with Crippen LogP contribution in [0.3, 0.4) is 0 Å². The number of carbonyl (C=O) groups is 1. The van der Waals surface area contributed by atoms with Gasteiger partial charge in [0.15, 0.2) is 10.9 Å². The summed E-state index contributed by atoms with van der Waals surface area (Å²) < 4.78 is 11.2. The van der Waals surface area contributed by atoms with Crippen LogP contribution in [0, 0.1) is 10.1 Å². The van der Waals surface area contributed by atoms with Crippen molar-refractivity contribution in [1.29, 1.82) is 0 Å². The molecule has 0 saturated carbocycles. The Morgan fingerprint density at radius 3 is 2.55 bits per heavy atom. The van der Waals surface area contributed by atoms with Gasteiger partial charge in [-0.1, -0.05) is 36.8 Å². The van der Waals surface area contributed by atoms with Crippen LogP contribution in [0.2, 0.25) is 5.02 Å². The summed E-state index contributed by atoms with van der Waals surface area (Å²) in [4.78, 5) is 31.6. The van der Waals surface area contributed by atoms with Gasteiger partial charge < -0.3 is 14.1 Å². The van der Waals surface area contributed by atoms with Crippen LogP contribution < -0.4 is 9.64 Å². The standard InChI is InChI=1S/C19H21ClN4O5S.ClH/c1-4-22(5-2)10-11-23(18(25)14-8-9-15(29-14)24(26)27)19-21-16-13(28-3)7-6-12(20)17(16)30-19;/h6-9H,4-5,10-11H2,1-3H3;1H. The number of likely N-dealkylation sites (N-methyl/N-ethyl adjacent to an activating group) is 1. The minimum atomic E-state index is -0.681.